The van der Waals surface area contributed by atoms with Gasteiger partial charge >= 0.3 is 0 Å². The van der Waals surface area contributed by atoms with Crippen molar-refractivity contribution in [2.45, 2.75) is 25.0 Å². The Morgan fingerprint density at radius 1 is 1.29 bits per heavy atom. The van der Waals surface area contributed by atoms with Crippen LogP contribution in [-0.2, 0) is 12.8 Å². The molecule has 0 radical (unpaired) electrons. The van der Waals surface area contributed by atoms with Crippen LogP contribution in [-0.4, -0.2) is 19.2 Å². The maximum Gasteiger partial charge on any atom is 0.145 e. The van der Waals surface area contributed by atoms with Crippen LogP contribution < -0.4 is 10.1 Å². The number of rotatable bonds is 4. The van der Waals surface area contributed by atoms with Gasteiger partial charge in [-0.15, -0.1) is 0 Å². The number of hydrogen-bond donors (Lipinski definition) is 1. The first-order chi connectivity index (χ1) is 10.2. The van der Waals surface area contributed by atoms with Crippen LogP contribution in [0.3, 0.4) is 0 Å². The SMILES string of the molecule is CNC(Cc1cccc(Cl)c1F)C1Cc2ccccc2O1. The van der Waals surface area contributed by atoms with Gasteiger partial charge in [0.05, 0.1) is 5.02 Å². The van der Waals surface area contributed by atoms with Crippen LogP contribution in [0.15, 0.2) is 42.5 Å². The lowest BCUT2D eigenvalue weighted by Gasteiger charge is -2.23. The lowest BCUT2D eigenvalue weighted by atomic mass is 9.98. The average molecular weight is 306 g/mol. The number of fused-ring (bicyclic) bond motifs is 1. The van der Waals surface area contributed by atoms with Crippen molar-refractivity contribution >= 4 is 11.6 Å². The van der Waals surface area contributed by atoms with Gasteiger partial charge in [-0.2, -0.15) is 0 Å². The predicted octanol–water partition coefficient (Wildman–Crippen LogP) is 3.61. The molecule has 2 aromatic carbocycles. The van der Waals surface area contributed by atoms with Crippen molar-refractivity contribution in [2.75, 3.05) is 7.05 Å². The van der Waals surface area contributed by atoms with E-state index in [4.69, 9.17) is 16.3 Å². The predicted molar refractivity (Wildman–Crippen MR) is 82.5 cm³/mol. The topological polar surface area (TPSA) is 21.3 Å². The molecule has 2 unspecified atom stereocenters. The van der Waals surface area contributed by atoms with Crippen LogP contribution in [0.2, 0.25) is 5.02 Å². The number of halogens is 2. The van der Waals surface area contributed by atoms with Gasteiger partial charge in [-0.3, -0.25) is 0 Å². The van der Waals surface area contributed by atoms with Gasteiger partial charge in [0.2, 0.25) is 0 Å². The van der Waals surface area contributed by atoms with E-state index in [1.165, 1.54) is 5.56 Å². The Morgan fingerprint density at radius 2 is 2.10 bits per heavy atom. The molecule has 21 heavy (non-hydrogen) atoms. The fourth-order valence-electron chi connectivity index (χ4n) is 2.80. The van der Waals surface area contributed by atoms with Gasteiger partial charge in [-0.1, -0.05) is 41.9 Å². The van der Waals surface area contributed by atoms with Gasteiger partial charge in [0.1, 0.15) is 17.7 Å². The average Bonchev–Trinajstić information content (AvgIpc) is 2.92. The molecule has 0 fully saturated rings. The van der Waals surface area contributed by atoms with Gasteiger partial charge in [-0.25, -0.2) is 4.39 Å². The zero-order valence-electron chi connectivity index (χ0n) is 11.8. The summed E-state index contributed by atoms with van der Waals surface area (Å²) in [6.07, 6.45) is 1.39. The molecule has 1 heterocycles. The number of para-hydroxylation sites is 1. The number of ether oxygens (including phenoxy) is 1. The van der Waals surface area contributed by atoms with E-state index in [1.807, 2.05) is 25.2 Å². The highest BCUT2D eigenvalue weighted by Crippen LogP contribution is 2.30. The van der Waals surface area contributed by atoms with E-state index < -0.39 is 0 Å². The second kappa shape index (κ2) is 6.04. The maximum absolute atomic E-state index is 14.0. The molecule has 1 aliphatic heterocycles. The van der Waals surface area contributed by atoms with Gasteiger partial charge in [0.25, 0.3) is 0 Å². The quantitative estimate of drug-likeness (QED) is 0.931. The fraction of sp³-hybridized carbons (Fsp3) is 0.294. The highest BCUT2D eigenvalue weighted by Gasteiger charge is 2.30. The van der Waals surface area contributed by atoms with Crippen molar-refractivity contribution < 1.29 is 9.13 Å². The Morgan fingerprint density at radius 3 is 2.86 bits per heavy atom. The molecule has 2 atom stereocenters. The molecule has 2 aromatic rings. The summed E-state index contributed by atoms with van der Waals surface area (Å²) in [6, 6.07) is 13.2. The standard InChI is InChI=1S/C17H17ClFNO/c1-20-14(9-12-6-4-7-13(18)17(12)19)16-10-11-5-2-3-8-15(11)21-16/h2-8,14,16,20H,9-10H2,1H3. The second-order valence-corrected chi connectivity index (χ2v) is 5.69. The highest BCUT2D eigenvalue weighted by atomic mass is 35.5. The zero-order valence-corrected chi connectivity index (χ0v) is 12.5. The first kappa shape index (κ1) is 14.4. The number of likely N-dealkylation sites (N-methyl/N-ethyl adjacent to an activating group) is 1. The van der Waals surface area contributed by atoms with Crippen LogP contribution in [0.25, 0.3) is 0 Å². The van der Waals surface area contributed by atoms with Crippen LogP contribution >= 0.6 is 11.6 Å². The van der Waals surface area contributed by atoms with E-state index in [2.05, 4.69) is 11.4 Å². The molecule has 0 amide bonds. The summed E-state index contributed by atoms with van der Waals surface area (Å²) in [7, 11) is 1.87. The molecule has 0 bridgehead atoms. The lowest BCUT2D eigenvalue weighted by Crippen LogP contribution is -2.42. The van der Waals surface area contributed by atoms with Crippen molar-refractivity contribution in [1.82, 2.24) is 5.32 Å². The molecular formula is C17H17ClFNO. The van der Waals surface area contributed by atoms with Crippen LogP contribution in [0.5, 0.6) is 5.75 Å². The molecular weight excluding hydrogens is 289 g/mol. The Balaban J connectivity index is 1.77. The molecule has 2 nitrogen and oxygen atoms in total. The van der Waals surface area contributed by atoms with Gasteiger partial charge in [0.15, 0.2) is 0 Å². The first-order valence-corrected chi connectivity index (χ1v) is 7.41. The Labute approximate surface area is 128 Å². The van der Waals surface area contributed by atoms with E-state index >= 15 is 0 Å². The molecule has 1 aliphatic rings. The summed E-state index contributed by atoms with van der Waals surface area (Å²) in [5, 5.41) is 3.40. The minimum Gasteiger partial charge on any atom is -0.488 e. The van der Waals surface area contributed by atoms with Gasteiger partial charge in [-0.05, 0) is 36.7 Å². The normalized spacial score (nSPS) is 18.1. The summed E-state index contributed by atoms with van der Waals surface area (Å²) >= 11 is 5.85. The number of benzene rings is 2. The second-order valence-electron chi connectivity index (χ2n) is 5.28. The van der Waals surface area contributed by atoms with Crippen LogP contribution in [0.4, 0.5) is 4.39 Å². The third-order valence-electron chi connectivity index (χ3n) is 3.96. The molecule has 0 spiro atoms. The smallest absolute Gasteiger partial charge is 0.145 e. The molecule has 3 rings (SSSR count). The van der Waals surface area contributed by atoms with E-state index in [1.54, 1.807) is 18.2 Å². The van der Waals surface area contributed by atoms with E-state index in [0.717, 1.165) is 12.2 Å². The van der Waals surface area contributed by atoms with Gasteiger partial charge < -0.3 is 10.1 Å². The van der Waals surface area contributed by atoms with Crippen molar-refractivity contribution in [2.24, 2.45) is 0 Å². The molecule has 4 heteroatoms. The summed E-state index contributed by atoms with van der Waals surface area (Å²) in [5.74, 6) is 0.587. The minimum atomic E-state index is -0.338. The van der Waals surface area contributed by atoms with Crippen molar-refractivity contribution in [3.05, 3.63) is 64.4 Å². The maximum atomic E-state index is 14.0. The highest BCUT2D eigenvalue weighted by molar-refractivity contribution is 6.30. The van der Waals surface area contributed by atoms with Crippen molar-refractivity contribution in [3.63, 3.8) is 0 Å². The zero-order chi connectivity index (χ0) is 14.8. The molecule has 0 aliphatic carbocycles. The fourth-order valence-corrected chi connectivity index (χ4v) is 2.99. The first-order valence-electron chi connectivity index (χ1n) is 7.03. The number of hydrogen-bond acceptors (Lipinski definition) is 2. The summed E-state index contributed by atoms with van der Waals surface area (Å²) < 4.78 is 20.0. The van der Waals surface area contributed by atoms with Crippen molar-refractivity contribution in [1.29, 1.82) is 0 Å². The van der Waals surface area contributed by atoms with Crippen LogP contribution in [0, 0.1) is 5.82 Å². The molecule has 1 N–H and O–H groups in total. The molecule has 0 aromatic heterocycles. The van der Waals surface area contributed by atoms with Crippen LogP contribution in [0.1, 0.15) is 11.1 Å². The molecule has 110 valence electrons. The van der Waals surface area contributed by atoms with Crippen molar-refractivity contribution in [3.8, 4) is 5.75 Å². The summed E-state index contributed by atoms with van der Waals surface area (Å²) in [5.41, 5.74) is 1.82. The third kappa shape index (κ3) is 2.89. The van der Waals surface area contributed by atoms with E-state index in [0.29, 0.717) is 12.0 Å². The number of nitrogens with one attached hydrogen (secondary N) is 1. The molecule has 0 saturated heterocycles. The van der Waals surface area contributed by atoms with Gasteiger partial charge in [0, 0.05) is 12.5 Å². The summed E-state index contributed by atoms with van der Waals surface area (Å²) in [6.45, 7) is 0. The largest absolute Gasteiger partial charge is 0.488 e. The van der Waals surface area contributed by atoms with E-state index in [9.17, 15) is 4.39 Å². The Kier molecular flexibility index (Phi) is 4.13. The minimum absolute atomic E-state index is 0.00535. The third-order valence-corrected chi connectivity index (χ3v) is 4.25. The molecule has 0 saturated carbocycles. The van der Waals surface area contributed by atoms with E-state index in [-0.39, 0.29) is 23.0 Å². The summed E-state index contributed by atoms with van der Waals surface area (Å²) in [4.78, 5) is 0. The lowest BCUT2D eigenvalue weighted by molar-refractivity contribution is 0.181. The Hall–Kier alpha value is -1.58. The monoisotopic (exact) mass is 305 g/mol. The Bertz CT molecular complexity index is 621.